The molecule has 0 aliphatic rings. The number of hydrogen-bond acceptors (Lipinski definition) is 2. The third-order valence-corrected chi connectivity index (χ3v) is 1.67. The van der Waals surface area contributed by atoms with Gasteiger partial charge in [0, 0.05) is 18.3 Å². The van der Waals surface area contributed by atoms with Crippen molar-refractivity contribution in [3.8, 4) is 0 Å². The molecule has 0 unspecified atom stereocenters. The van der Waals surface area contributed by atoms with Crippen LogP contribution in [0.15, 0.2) is 18.3 Å². The Morgan fingerprint density at radius 2 is 2.50 bits per heavy atom. The second-order valence-corrected chi connectivity index (χ2v) is 2.62. The van der Waals surface area contributed by atoms with Crippen LogP contribution in [0.4, 0.5) is 0 Å². The van der Waals surface area contributed by atoms with E-state index in [0.717, 1.165) is 18.5 Å². The highest BCUT2D eigenvalue weighted by molar-refractivity contribution is 5.75. The van der Waals surface area contributed by atoms with Gasteiger partial charge in [-0.2, -0.15) is 0 Å². The van der Waals surface area contributed by atoms with Crippen LogP contribution in [0, 0.1) is 0 Å². The third-order valence-electron chi connectivity index (χ3n) is 1.67. The summed E-state index contributed by atoms with van der Waals surface area (Å²) in [6.45, 7) is 0. The van der Waals surface area contributed by atoms with Crippen molar-refractivity contribution in [2.75, 3.05) is 0 Å². The van der Waals surface area contributed by atoms with Crippen LogP contribution in [0.3, 0.4) is 0 Å². The zero-order chi connectivity index (χ0) is 8.81. The minimum atomic E-state index is -0.110. The van der Waals surface area contributed by atoms with E-state index in [-0.39, 0.29) is 5.91 Å². The molecule has 0 bridgehead atoms. The Balaban J connectivity index is 2.15. The fourth-order valence-corrected chi connectivity index (χ4v) is 1.03. The lowest BCUT2D eigenvalue weighted by Crippen LogP contribution is -2.29. The summed E-state index contributed by atoms with van der Waals surface area (Å²) in [7, 11) is 0. The second-order valence-electron chi connectivity index (χ2n) is 2.62. The normalized spacial score (nSPS) is 9.75. The average Bonchev–Trinajstić information content (AvgIpc) is 2.57. The first-order chi connectivity index (χ1) is 5.83. The summed E-state index contributed by atoms with van der Waals surface area (Å²) in [4.78, 5) is 13.8. The highest BCUT2D eigenvalue weighted by Gasteiger charge is 1.98. The van der Waals surface area contributed by atoms with Gasteiger partial charge < -0.3 is 4.98 Å². The van der Waals surface area contributed by atoms with Crippen LogP contribution in [0.5, 0.6) is 0 Å². The van der Waals surface area contributed by atoms with Crippen LogP contribution in [-0.4, -0.2) is 10.9 Å². The molecule has 0 spiro atoms. The number of carbonyl (C=O) groups excluding carboxylic acids is 1. The lowest BCUT2D eigenvalue weighted by Gasteiger charge is -1.97. The smallest absolute Gasteiger partial charge is 0.233 e. The van der Waals surface area contributed by atoms with E-state index in [4.69, 9.17) is 5.84 Å². The van der Waals surface area contributed by atoms with Gasteiger partial charge in [-0.1, -0.05) is 0 Å². The van der Waals surface area contributed by atoms with Crippen LogP contribution >= 0.6 is 0 Å². The molecule has 4 N–H and O–H groups in total. The minimum Gasteiger partial charge on any atom is -0.365 e. The number of amides is 1. The van der Waals surface area contributed by atoms with E-state index in [1.807, 2.05) is 18.3 Å². The topological polar surface area (TPSA) is 70.9 Å². The number of aromatic nitrogens is 1. The van der Waals surface area contributed by atoms with Crippen LogP contribution in [0.1, 0.15) is 18.5 Å². The zero-order valence-corrected chi connectivity index (χ0v) is 6.84. The van der Waals surface area contributed by atoms with Crippen molar-refractivity contribution in [3.05, 3.63) is 24.0 Å². The van der Waals surface area contributed by atoms with Crippen molar-refractivity contribution in [1.29, 1.82) is 0 Å². The number of aromatic amines is 1. The Kier molecular flexibility index (Phi) is 3.35. The number of nitrogens with one attached hydrogen (secondary N) is 2. The first-order valence-electron chi connectivity index (χ1n) is 3.94. The van der Waals surface area contributed by atoms with Crippen molar-refractivity contribution >= 4 is 5.91 Å². The zero-order valence-electron chi connectivity index (χ0n) is 6.84. The molecule has 1 heterocycles. The Labute approximate surface area is 71.1 Å². The van der Waals surface area contributed by atoms with E-state index in [0.29, 0.717) is 6.42 Å². The Morgan fingerprint density at radius 1 is 1.67 bits per heavy atom. The third kappa shape index (κ3) is 2.75. The molecule has 66 valence electrons. The molecule has 1 rings (SSSR count). The molecule has 0 aromatic carbocycles. The molecular formula is C8H13N3O. The molecule has 4 nitrogen and oxygen atoms in total. The second kappa shape index (κ2) is 4.56. The maximum Gasteiger partial charge on any atom is 0.233 e. The number of hydrogen-bond donors (Lipinski definition) is 3. The van der Waals surface area contributed by atoms with E-state index < -0.39 is 0 Å². The van der Waals surface area contributed by atoms with E-state index in [9.17, 15) is 4.79 Å². The van der Waals surface area contributed by atoms with E-state index in [1.54, 1.807) is 0 Å². The summed E-state index contributed by atoms with van der Waals surface area (Å²) in [6.07, 6.45) is 4.07. The van der Waals surface area contributed by atoms with Gasteiger partial charge in [0.15, 0.2) is 0 Å². The number of nitrogens with two attached hydrogens (primary N) is 1. The summed E-state index contributed by atoms with van der Waals surface area (Å²) < 4.78 is 0. The number of carbonyl (C=O) groups is 1. The number of hydrazine groups is 1. The summed E-state index contributed by atoms with van der Waals surface area (Å²) in [5.41, 5.74) is 3.25. The van der Waals surface area contributed by atoms with Crippen molar-refractivity contribution < 1.29 is 4.79 Å². The molecule has 1 aromatic heterocycles. The fourth-order valence-electron chi connectivity index (χ4n) is 1.03. The van der Waals surface area contributed by atoms with Gasteiger partial charge in [0.25, 0.3) is 0 Å². The molecule has 0 aliphatic carbocycles. The highest BCUT2D eigenvalue weighted by Crippen LogP contribution is 2.01. The van der Waals surface area contributed by atoms with Gasteiger partial charge in [-0.05, 0) is 25.0 Å². The lowest BCUT2D eigenvalue weighted by atomic mass is 10.2. The standard InChI is InChI=1S/C8H13N3O/c9-11-8(12)5-1-3-7-4-2-6-10-7/h2,4,6,10H,1,3,5,9H2,(H,11,12). The molecule has 4 heteroatoms. The van der Waals surface area contributed by atoms with E-state index in [2.05, 4.69) is 10.4 Å². The lowest BCUT2D eigenvalue weighted by molar-refractivity contribution is -0.121. The van der Waals surface area contributed by atoms with Crippen molar-refractivity contribution in [1.82, 2.24) is 10.4 Å². The van der Waals surface area contributed by atoms with Gasteiger partial charge in [-0.15, -0.1) is 0 Å². The first kappa shape index (κ1) is 8.80. The molecule has 0 saturated heterocycles. The average molecular weight is 167 g/mol. The predicted octanol–water partition coefficient (Wildman–Crippen LogP) is 0.327. The van der Waals surface area contributed by atoms with Gasteiger partial charge in [0.05, 0.1) is 0 Å². The monoisotopic (exact) mass is 167 g/mol. The van der Waals surface area contributed by atoms with Gasteiger partial charge in [0.1, 0.15) is 0 Å². The molecule has 0 radical (unpaired) electrons. The van der Waals surface area contributed by atoms with Gasteiger partial charge in [-0.3, -0.25) is 10.2 Å². The number of aryl methyl sites for hydroxylation is 1. The van der Waals surface area contributed by atoms with Crippen LogP contribution in [0.25, 0.3) is 0 Å². The first-order valence-corrected chi connectivity index (χ1v) is 3.94. The summed E-state index contributed by atoms with van der Waals surface area (Å²) in [5, 5.41) is 0. The molecule has 0 atom stereocenters. The molecule has 0 aliphatic heterocycles. The van der Waals surface area contributed by atoms with Gasteiger partial charge in [-0.25, -0.2) is 5.84 Å². The van der Waals surface area contributed by atoms with Crippen LogP contribution in [0.2, 0.25) is 0 Å². The molecule has 0 fully saturated rings. The molecule has 1 amide bonds. The quantitative estimate of drug-likeness (QED) is 0.343. The highest BCUT2D eigenvalue weighted by atomic mass is 16.2. The summed E-state index contributed by atoms with van der Waals surface area (Å²) >= 11 is 0. The van der Waals surface area contributed by atoms with Gasteiger partial charge >= 0.3 is 0 Å². The predicted molar refractivity (Wildman–Crippen MR) is 46.1 cm³/mol. The van der Waals surface area contributed by atoms with E-state index in [1.165, 1.54) is 0 Å². The number of rotatable bonds is 4. The Bertz CT molecular complexity index is 230. The molecule has 1 aromatic rings. The number of H-pyrrole nitrogens is 1. The molecular weight excluding hydrogens is 154 g/mol. The van der Waals surface area contributed by atoms with Crippen molar-refractivity contribution in [3.63, 3.8) is 0 Å². The maximum absolute atomic E-state index is 10.7. The van der Waals surface area contributed by atoms with Crippen LogP contribution < -0.4 is 11.3 Å². The summed E-state index contributed by atoms with van der Waals surface area (Å²) in [6, 6.07) is 3.94. The summed E-state index contributed by atoms with van der Waals surface area (Å²) in [5.74, 6) is 4.81. The SMILES string of the molecule is NNC(=O)CCCc1ccc[nH]1. The Morgan fingerprint density at radius 3 is 3.08 bits per heavy atom. The largest absolute Gasteiger partial charge is 0.365 e. The fraction of sp³-hybridized carbons (Fsp3) is 0.375. The van der Waals surface area contributed by atoms with Gasteiger partial charge in [0.2, 0.25) is 5.91 Å². The van der Waals surface area contributed by atoms with Crippen molar-refractivity contribution in [2.24, 2.45) is 5.84 Å². The minimum absolute atomic E-state index is 0.110. The molecule has 12 heavy (non-hydrogen) atoms. The van der Waals surface area contributed by atoms with E-state index >= 15 is 0 Å². The Hall–Kier alpha value is -1.29. The molecule has 0 saturated carbocycles. The van der Waals surface area contributed by atoms with Crippen LogP contribution in [-0.2, 0) is 11.2 Å². The maximum atomic E-state index is 10.7. The van der Waals surface area contributed by atoms with Crippen molar-refractivity contribution in [2.45, 2.75) is 19.3 Å².